The van der Waals surface area contributed by atoms with Gasteiger partial charge in [-0.05, 0) is 28.1 Å². The Bertz CT molecular complexity index is 649. The lowest BCUT2D eigenvalue weighted by molar-refractivity contribution is 1.19. The summed E-state index contributed by atoms with van der Waals surface area (Å²) < 4.78 is 0.643. The Labute approximate surface area is 105 Å². The van der Waals surface area contributed by atoms with Gasteiger partial charge in [-0.25, -0.2) is 15.0 Å². The lowest BCUT2D eigenvalue weighted by Crippen LogP contribution is -1.95. The average molecular weight is 290 g/mol. The topological polar surface area (TPSA) is 66.5 Å². The van der Waals surface area contributed by atoms with Crippen molar-refractivity contribution in [3.8, 4) is 0 Å². The molecule has 2 N–H and O–H groups in total. The zero-order valence-corrected chi connectivity index (χ0v) is 10.3. The molecule has 0 bridgehead atoms. The summed E-state index contributed by atoms with van der Waals surface area (Å²) in [6.45, 7) is 0. The molecule has 2 heterocycles. The van der Waals surface area contributed by atoms with Crippen LogP contribution in [-0.4, -0.2) is 19.9 Å². The standard InChI is InChI=1S/C11H8BrN5/c12-11-16-8-9(13-6-14-10(8)17-11)15-7-4-2-1-3-5-7/h1-6H,(H2,13,14,15,16,17). The van der Waals surface area contributed by atoms with E-state index in [9.17, 15) is 0 Å². The second-order valence-corrected chi connectivity index (χ2v) is 4.19. The minimum Gasteiger partial charge on any atom is -0.338 e. The zero-order valence-electron chi connectivity index (χ0n) is 8.68. The Balaban J connectivity index is 2.06. The van der Waals surface area contributed by atoms with E-state index in [0.29, 0.717) is 16.2 Å². The molecule has 0 spiro atoms. The van der Waals surface area contributed by atoms with Crippen LogP contribution in [0.2, 0.25) is 0 Å². The van der Waals surface area contributed by atoms with Crippen molar-refractivity contribution in [2.45, 2.75) is 0 Å². The molecule has 0 radical (unpaired) electrons. The summed E-state index contributed by atoms with van der Waals surface area (Å²) in [6, 6.07) is 9.83. The Morgan fingerprint density at radius 3 is 2.76 bits per heavy atom. The predicted octanol–water partition coefficient (Wildman–Crippen LogP) is 2.86. The van der Waals surface area contributed by atoms with Gasteiger partial charge < -0.3 is 10.3 Å². The number of rotatable bonds is 2. The largest absolute Gasteiger partial charge is 0.338 e. The molecular formula is C11H8BrN5. The highest BCUT2D eigenvalue weighted by Crippen LogP contribution is 2.22. The molecule has 0 unspecified atom stereocenters. The van der Waals surface area contributed by atoms with Crippen molar-refractivity contribution in [3.05, 3.63) is 41.4 Å². The first-order chi connectivity index (χ1) is 8.33. The maximum Gasteiger partial charge on any atom is 0.183 e. The maximum absolute atomic E-state index is 4.20. The van der Waals surface area contributed by atoms with Crippen LogP contribution in [0.1, 0.15) is 0 Å². The van der Waals surface area contributed by atoms with E-state index in [1.807, 2.05) is 30.3 Å². The third kappa shape index (κ3) is 1.99. The molecule has 0 saturated carbocycles. The normalized spacial score (nSPS) is 10.6. The number of aromatic nitrogens is 4. The molecule has 6 heteroatoms. The molecule has 0 fully saturated rings. The van der Waals surface area contributed by atoms with Crippen molar-refractivity contribution in [2.75, 3.05) is 5.32 Å². The number of aromatic amines is 1. The Hall–Kier alpha value is -1.95. The number of hydrogen-bond donors (Lipinski definition) is 2. The second-order valence-electron chi connectivity index (χ2n) is 3.44. The summed E-state index contributed by atoms with van der Waals surface area (Å²) in [5, 5.41) is 3.22. The lowest BCUT2D eigenvalue weighted by atomic mass is 10.3. The monoisotopic (exact) mass is 289 g/mol. The van der Waals surface area contributed by atoms with E-state index in [4.69, 9.17) is 0 Å². The highest BCUT2D eigenvalue weighted by Gasteiger charge is 2.07. The van der Waals surface area contributed by atoms with Crippen LogP contribution in [0.3, 0.4) is 0 Å². The van der Waals surface area contributed by atoms with Gasteiger partial charge >= 0.3 is 0 Å². The molecule has 0 amide bonds. The van der Waals surface area contributed by atoms with E-state index in [1.165, 1.54) is 6.33 Å². The summed E-state index contributed by atoms with van der Waals surface area (Å²) >= 11 is 3.28. The molecular weight excluding hydrogens is 282 g/mol. The van der Waals surface area contributed by atoms with Crippen molar-refractivity contribution < 1.29 is 0 Å². The number of fused-ring (bicyclic) bond motifs is 1. The minimum atomic E-state index is 0.630. The lowest BCUT2D eigenvalue weighted by Gasteiger charge is -2.04. The van der Waals surface area contributed by atoms with Crippen LogP contribution in [-0.2, 0) is 0 Å². The van der Waals surface area contributed by atoms with Crippen molar-refractivity contribution in [1.82, 2.24) is 19.9 Å². The minimum absolute atomic E-state index is 0.630. The third-order valence-electron chi connectivity index (χ3n) is 2.30. The van der Waals surface area contributed by atoms with Crippen LogP contribution in [0.5, 0.6) is 0 Å². The van der Waals surface area contributed by atoms with E-state index in [1.54, 1.807) is 0 Å². The van der Waals surface area contributed by atoms with Crippen LogP contribution >= 0.6 is 15.9 Å². The number of halogens is 1. The first-order valence-electron chi connectivity index (χ1n) is 5.01. The fourth-order valence-electron chi connectivity index (χ4n) is 1.55. The Kier molecular flexibility index (Phi) is 2.49. The van der Waals surface area contributed by atoms with Crippen molar-refractivity contribution >= 4 is 38.6 Å². The van der Waals surface area contributed by atoms with Gasteiger partial charge in [0.1, 0.15) is 11.8 Å². The molecule has 1 aromatic carbocycles. The number of hydrogen-bond acceptors (Lipinski definition) is 4. The number of benzene rings is 1. The average Bonchev–Trinajstić information content (AvgIpc) is 2.72. The smallest absolute Gasteiger partial charge is 0.183 e. The first kappa shape index (κ1) is 10.2. The van der Waals surface area contributed by atoms with Gasteiger partial charge in [0, 0.05) is 5.69 Å². The first-order valence-corrected chi connectivity index (χ1v) is 5.80. The van der Waals surface area contributed by atoms with Gasteiger partial charge in [0.15, 0.2) is 16.2 Å². The fourth-order valence-corrected chi connectivity index (χ4v) is 1.92. The highest BCUT2D eigenvalue weighted by molar-refractivity contribution is 9.10. The summed E-state index contributed by atoms with van der Waals surface area (Å²) in [4.78, 5) is 15.5. The maximum atomic E-state index is 4.20. The number of imidazole rings is 1. The number of nitrogens with zero attached hydrogens (tertiary/aromatic N) is 3. The summed E-state index contributed by atoms with van der Waals surface area (Å²) in [6.07, 6.45) is 1.49. The number of para-hydroxylation sites is 1. The Morgan fingerprint density at radius 2 is 1.94 bits per heavy atom. The molecule has 0 atom stereocenters. The summed E-state index contributed by atoms with van der Waals surface area (Å²) in [5.41, 5.74) is 2.38. The van der Waals surface area contributed by atoms with Gasteiger partial charge in [-0.3, -0.25) is 0 Å². The van der Waals surface area contributed by atoms with E-state index in [0.717, 1.165) is 11.2 Å². The summed E-state index contributed by atoms with van der Waals surface area (Å²) in [7, 11) is 0. The van der Waals surface area contributed by atoms with Crippen molar-refractivity contribution in [2.24, 2.45) is 0 Å². The third-order valence-corrected chi connectivity index (χ3v) is 2.67. The van der Waals surface area contributed by atoms with Crippen LogP contribution in [0.15, 0.2) is 41.4 Å². The molecule has 5 nitrogen and oxygen atoms in total. The van der Waals surface area contributed by atoms with Gasteiger partial charge in [-0.1, -0.05) is 18.2 Å². The zero-order chi connectivity index (χ0) is 11.7. The van der Waals surface area contributed by atoms with Crippen LogP contribution in [0, 0.1) is 0 Å². The molecule has 0 saturated heterocycles. The van der Waals surface area contributed by atoms with Gasteiger partial charge in [-0.15, -0.1) is 0 Å². The molecule has 0 aliphatic carbocycles. The van der Waals surface area contributed by atoms with E-state index in [2.05, 4.69) is 41.2 Å². The second kappa shape index (κ2) is 4.14. The van der Waals surface area contributed by atoms with E-state index < -0.39 is 0 Å². The molecule has 3 rings (SSSR count). The SMILES string of the molecule is Brc1nc2ncnc(Nc3ccccc3)c2[nH]1. The molecule has 3 aromatic rings. The van der Waals surface area contributed by atoms with Gasteiger partial charge in [0.25, 0.3) is 0 Å². The van der Waals surface area contributed by atoms with Gasteiger partial charge in [0.2, 0.25) is 0 Å². The van der Waals surface area contributed by atoms with Crippen LogP contribution < -0.4 is 5.32 Å². The fraction of sp³-hybridized carbons (Fsp3) is 0. The van der Waals surface area contributed by atoms with E-state index >= 15 is 0 Å². The van der Waals surface area contributed by atoms with Crippen LogP contribution in [0.25, 0.3) is 11.2 Å². The number of H-pyrrole nitrogens is 1. The number of nitrogens with one attached hydrogen (secondary N) is 2. The number of anilines is 2. The van der Waals surface area contributed by atoms with Crippen LogP contribution in [0.4, 0.5) is 11.5 Å². The Morgan fingerprint density at radius 1 is 1.12 bits per heavy atom. The van der Waals surface area contributed by atoms with Gasteiger partial charge in [0.05, 0.1) is 0 Å². The summed E-state index contributed by atoms with van der Waals surface area (Å²) in [5.74, 6) is 0.708. The quantitative estimate of drug-likeness (QED) is 0.712. The molecule has 84 valence electrons. The predicted molar refractivity (Wildman–Crippen MR) is 69.1 cm³/mol. The molecule has 17 heavy (non-hydrogen) atoms. The molecule has 0 aliphatic heterocycles. The highest BCUT2D eigenvalue weighted by atomic mass is 79.9. The van der Waals surface area contributed by atoms with E-state index in [-0.39, 0.29) is 0 Å². The van der Waals surface area contributed by atoms with Gasteiger partial charge in [-0.2, -0.15) is 0 Å². The van der Waals surface area contributed by atoms with Crippen molar-refractivity contribution in [3.63, 3.8) is 0 Å². The molecule has 0 aliphatic rings. The van der Waals surface area contributed by atoms with Crippen molar-refractivity contribution in [1.29, 1.82) is 0 Å². The molecule has 2 aromatic heterocycles.